The van der Waals surface area contributed by atoms with Gasteiger partial charge in [0.25, 0.3) is 0 Å². The van der Waals surface area contributed by atoms with Gasteiger partial charge in [-0.15, -0.1) is 0 Å². The van der Waals surface area contributed by atoms with Crippen LogP contribution in [-0.2, 0) is 16.2 Å². The fourth-order valence-corrected chi connectivity index (χ4v) is 6.01. The number of halogens is 3. The Morgan fingerprint density at radius 2 is 1.75 bits per heavy atom. The smallest absolute Gasteiger partial charge is 0.356 e. The first-order valence-corrected chi connectivity index (χ1v) is 10.3. The Kier molecular flexibility index (Phi) is 4.42. The summed E-state index contributed by atoms with van der Waals surface area (Å²) in [6.07, 6.45) is -3.57. The molecule has 4 heterocycles. The molecule has 2 aliphatic rings. The van der Waals surface area contributed by atoms with Gasteiger partial charge in [0, 0.05) is 32.4 Å². The number of hydrogen-bond donors (Lipinski definition) is 1. The number of rotatable bonds is 3. The van der Waals surface area contributed by atoms with E-state index in [1.54, 1.807) is 13.8 Å². The van der Waals surface area contributed by atoms with Gasteiger partial charge < -0.3 is 4.90 Å². The number of fused-ring (bicyclic) bond motifs is 1. The van der Waals surface area contributed by atoms with Gasteiger partial charge in [0.1, 0.15) is 10.7 Å². The zero-order valence-corrected chi connectivity index (χ0v) is 16.2. The minimum atomic E-state index is -4.41. The van der Waals surface area contributed by atoms with Crippen molar-refractivity contribution in [3.8, 4) is 0 Å². The number of aromatic amines is 1. The van der Waals surface area contributed by atoms with Crippen molar-refractivity contribution in [2.75, 3.05) is 31.1 Å². The molecule has 0 aromatic carbocycles. The van der Waals surface area contributed by atoms with E-state index in [1.165, 1.54) is 10.4 Å². The molecular weight excluding hydrogens is 395 g/mol. The molecule has 7 nitrogen and oxygen atoms in total. The molecule has 1 N–H and O–H groups in total. The lowest BCUT2D eigenvalue weighted by Gasteiger charge is -2.22. The molecular formula is C17H20F3N5O2S. The van der Waals surface area contributed by atoms with Crippen LogP contribution in [0.5, 0.6) is 0 Å². The average molecular weight is 415 g/mol. The van der Waals surface area contributed by atoms with E-state index >= 15 is 0 Å². The molecule has 28 heavy (non-hydrogen) atoms. The molecule has 2 aliphatic heterocycles. The largest absolute Gasteiger partial charge is 0.417 e. The van der Waals surface area contributed by atoms with Crippen molar-refractivity contribution in [1.29, 1.82) is 0 Å². The van der Waals surface area contributed by atoms with Crippen LogP contribution in [0.15, 0.2) is 23.2 Å². The number of anilines is 1. The number of nitrogens with one attached hydrogen (secondary N) is 1. The first-order valence-electron chi connectivity index (χ1n) is 8.87. The van der Waals surface area contributed by atoms with Crippen LogP contribution >= 0.6 is 0 Å². The lowest BCUT2D eigenvalue weighted by Crippen LogP contribution is -2.34. The van der Waals surface area contributed by atoms with Crippen LogP contribution < -0.4 is 4.90 Å². The quantitative estimate of drug-likeness (QED) is 0.831. The van der Waals surface area contributed by atoms with E-state index in [0.29, 0.717) is 43.4 Å². The summed E-state index contributed by atoms with van der Waals surface area (Å²) >= 11 is 0. The Hall–Kier alpha value is -2.14. The zero-order valence-electron chi connectivity index (χ0n) is 15.4. The summed E-state index contributed by atoms with van der Waals surface area (Å²) in [4.78, 5) is 6.10. The Balaban J connectivity index is 1.46. The number of aryl methyl sites for hydroxylation is 2. The van der Waals surface area contributed by atoms with Crippen molar-refractivity contribution < 1.29 is 21.6 Å². The van der Waals surface area contributed by atoms with Gasteiger partial charge in [0.15, 0.2) is 0 Å². The van der Waals surface area contributed by atoms with Crippen LogP contribution in [0.1, 0.15) is 17.0 Å². The predicted octanol–water partition coefficient (Wildman–Crippen LogP) is 2.20. The number of alkyl halides is 3. The van der Waals surface area contributed by atoms with Gasteiger partial charge in [-0.1, -0.05) is 0 Å². The van der Waals surface area contributed by atoms with Crippen LogP contribution in [0.25, 0.3) is 0 Å². The standard InChI is InChI=1S/C17H20F3N5O2S/c1-10-16(11(2)23-22-10)28(26,27)25-8-12-6-24(7-13(12)9-25)15-4-3-14(5-21-15)17(18,19)20/h3-5,12-13H,6-9H2,1-2H3,(H,22,23). The van der Waals surface area contributed by atoms with Crippen molar-refractivity contribution in [2.24, 2.45) is 11.8 Å². The molecule has 152 valence electrons. The van der Waals surface area contributed by atoms with Gasteiger partial charge in [-0.25, -0.2) is 13.4 Å². The van der Waals surface area contributed by atoms with Crippen molar-refractivity contribution >= 4 is 15.8 Å². The molecule has 2 saturated heterocycles. The van der Waals surface area contributed by atoms with E-state index < -0.39 is 21.8 Å². The number of aromatic nitrogens is 3. The number of pyridine rings is 1. The van der Waals surface area contributed by atoms with Gasteiger partial charge in [-0.3, -0.25) is 5.10 Å². The number of sulfonamides is 1. The van der Waals surface area contributed by atoms with Crippen LogP contribution in [0.2, 0.25) is 0 Å². The minimum Gasteiger partial charge on any atom is -0.356 e. The molecule has 2 fully saturated rings. The first-order chi connectivity index (χ1) is 13.1. The lowest BCUT2D eigenvalue weighted by atomic mass is 10.0. The Morgan fingerprint density at radius 3 is 2.21 bits per heavy atom. The van der Waals surface area contributed by atoms with E-state index in [-0.39, 0.29) is 16.7 Å². The monoisotopic (exact) mass is 415 g/mol. The molecule has 11 heteroatoms. The Labute approximate surface area is 160 Å². The van der Waals surface area contributed by atoms with Crippen molar-refractivity contribution in [2.45, 2.75) is 24.9 Å². The summed E-state index contributed by atoms with van der Waals surface area (Å²) in [5, 5.41) is 6.68. The fourth-order valence-electron chi connectivity index (χ4n) is 4.12. The van der Waals surface area contributed by atoms with Gasteiger partial charge in [0.05, 0.1) is 17.0 Å². The average Bonchev–Trinajstić information content (AvgIpc) is 3.27. The second kappa shape index (κ2) is 6.45. The summed E-state index contributed by atoms with van der Waals surface area (Å²) in [7, 11) is -3.62. The van der Waals surface area contributed by atoms with Crippen molar-refractivity contribution in [3.05, 3.63) is 35.3 Å². The Bertz CT molecular complexity index is 954. The van der Waals surface area contributed by atoms with Gasteiger partial charge >= 0.3 is 6.18 Å². The normalized spacial score (nSPS) is 23.4. The predicted molar refractivity (Wildman–Crippen MR) is 95.3 cm³/mol. The van der Waals surface area contributed by atoms with Crippen LogP contribution in [-0.4, -0.2) is 54.1 Å². The van der Waals surface area contributed by atoms with E-state index in [2.05, 4.69) is 15.2 Å². The van der Waals surface area contributed by atoms with Crippen LogP contribution in [0.4, 0.5) is 19.0 Å². The summed E-state index contributed by atoms with van der Waals surface area (Å²) in [5.74, 6) is 0.719. The summed E-state index contributed by atoms with van der Waals surface area (Å²) < 4.78 is 65.5. The van der Waals surface area contributed by atoms with Crippen molar-refractivity contribution in [3.63, 3.8) is 0 Å². The lowest BCUT2D eigenvalue weighted by molar-refractivity contribution is -0.137. The topological polar surface area (TPSA) is 82.2 Å². The highest BCUT2D eigenvalue weighted by atomic mass is 32.2. The molecule has 2 unspecified atom stereocenters. The maximum absolute atomic E-state index is 13.0. The second-order valence-electron chi connectivity index (χ2n) is 7.41. The third kappa shape index (κ3) is 3.16. The summed E-state index contributed by atoms with van der Waals surface area (Å²) in [6.45, 7) is 5.24. The highest BCUT2D eigenvalue weighted by Crippen LogP contribution is 2.37. The second-order valence-corrected chi connectivity index (χ2v) is 9.29. The molecule has 4 rings (SSSR count). The van der Waals surface area contributed by atoms with Gasteiger partial charge in [0.2, 0.25) is 10.0 Å². The zero-order chi connectivity index (χ0) is 20.3. The molecule has 0 bridgehead atoms. The SMILES string of the molecule is Cc1n[nH]c(C)c1S(=O)(=O)N1CC2CN(c3ccc(C(F)(F)F)cn3)CC2C1. The van der Waals surface area contributed by atoms with E-state index in [1.807, 2.05) is 4.90 Å². The fraction of sp³-hybridized carbons (Fsp3) is 0.529. The highest BCUT2D eigenvalue weighted by Gasteiger charge is 2.45. The molecule has 2 atom stereocenters. The highest BCUT2D eigenvalue weighted by molar-refractivity contribution is 7.89. The van der Waals surface area contributed by atoms with Gasteiger partial charge in [-0.2, -0.15) is 22.6 Å². The summed E-state index contributed by atoms with van der Waals surface area (Å²) in [5.41, 5.74) is 0.189. The number of hydrogen-bond acceptors (Lipinski definition) is 5. The maximum atomic E-state index is 13.0. The van der Waals surface area contributed by atoms with E-state index in [4.69, 9.17) is 0 Å². The third-order valence-corrected chi connectivity index (χ3v) is 7.61. The van der Waals surface area contributed by atoms with Crippen molar-refractivity contribution in [1.82, 2.24) is 19.5 Å². The first kappa shape index (κ1) is 19.2. The van der Waals surface area contributed by atoms with Crippen LogP contribution in [0, 0.1) is 25.7 Å². The molecule has 2 aromatic heterocycles. The van der Waals surface area contributed by atoms with E-state index in [9.17, 15) is 21.6 Å². The molecule has 0 saturated carbocycles. The number of nitrogens with zero attached hydrogens (tertiary/aromatic N) is 4. The minimum absolute atomic E-state index is 0.117. The molecule has 0 aliphatic carbocycles. The molecule has 0 amide bonds. The summed E-state index contributed by atoms with van der Waals surface area (Å²) in [6, 6.07) is 2.40. The molecule has 0 spiro atoms. The molecule has 0 radical (unpaired) electrons. The molecule has 2 aromatic rings. The van der Waals surface area contributed by atoms with Gasteiger partial charge in [-0.05, 0) is 37.8 Å². The Morgan fingerprint density at radius 1 is 1.11 bits per heavy atom. The maximum Gasteiger partial charge on any atom is 0.417 e. The van der Waals surface area contributed by atoms with E-state index in [0.717, 1.165) is 12.3 Å². The third-order valence-electron chi connectivity index (χ3n) is 5.51. The van der Waals surface area contributed by atoms with Crippen LogP contribution in [0.3, 0.4) is 0 Å². The number of H-pyrrole nitrogens is 1.